The van der Waals surface area contributed by atoms with Gasteiger partial charge in [0.05, 0.1) is 19.4 Å². The second kappa shape index (κ2) is 10.3. The summed E-state index contributed by atoms with van der Waals surface area (Å²) in [5.41, 5.74) is 2.09. The number of ether oxygens (including phenoxy) is 1. The normalized spacial score (nSPS) is 20.7. The van der Waals surface area contributed by atoms with Crippen LogP contribution in [0.15, 0.2) is 65.8 Å². The molecule has 3 atom stereocenters. The van der Waals surface area contributed by atoms with E-state index in [0.717, 1.165) is 29.7 Å². The van der Waals surface area contributed by atoms with Crippen molar-refractivity contribution in [2.75, 3.05) is 14.2 Å². The summed E-state index contributed by atoms with van der Waals surface area (Å²) in [6, 6.07) is 15.5. The average molecular weight is 445 g/mol. The predicted molar refractivity (Wildman–Crippen MR) is 127 cm³/mol. The summed E-state index contributed by atoms with van der Waals surface area (Å²) in [4.78, 5) is 0. The van der Waals surface area contributed by atoms with Crippen molar-refractivity contribution in [1.29, 1.82) is 0 Å². The van der Waals surface area contributed by atoms with E-state index in [1.165, 1.54) is 0 Å². The largest absolute Gasteiger partial charge is 0.497 e. The minimum atomic E-state index is -2.90. The number of hydrogen-bond donors (Lipinski definition) is 0. The fourth-order valence-corrected chi connectivity index (χ4v) is 5.07. The Balaban J connectivity index is 1.80. The molecule has 0 saturated heterocycles. The molecule has 2 aromatic carbocycles. The van der Waals surface area contributed by atoms with E-state index in [1.807, 2.05) is 62.5 Å². The van der Waals surface area contributed by atoms with Crippen LogP contribution in [-0.4, -0.2) is 31.3 Å². The van der Waals surface area contributed by atoms with Gasteiger partial charge in [0, 0.05) is 18.9 Å². The maximum Gasteiger partial charge on any atom is 0.358 e. The quantitative estimate of drug-likeness (QED) is 0.218. The van der Waals surface area contributed by atoms with Crippen molar-refractivity contribution in [3.8, 4) is 11.5 Å². The van der Waals surface area contributed by atoms with Crippen molar-refractivity contribution >= 4 is 24.7 Å². The molecule has 0 bridgehead atoms. The van der Waals surface area contributed by atoms with Gasteiger partial charge in [-0.25, -0.2) is 4.78 Å². The number of hydrazone groups is 1. The number of rotatable bonds is 8. The van der Waals surface area contributed by atoms with Gasteiger partial charge in [0.1, 0.15) is 11.5 Å². The smallest absolute Gasteiger partial charge is 0.358 e. The molecule has 0 N–H and O–H groups in total. The molecule has 2 aromatic rings. The molecule has 0 aromatic heterocycles. The van der Waals surface area contributed by atoms with Crippen LogP contribution >= 0.6 is 6.64 Å². The third-order valence-electron chi connectivity index (χ3n) is 4.92. The van der Waals surface area contributed by atoms with Crippen LogP contribution in [0.1, 0.15) is 30.9 Å². The van der Waals surface area contributed by atoms with Crippen LogP contribution in [0.5, 0.6) is 11.5 Å². The Morgan fingerprint density at radius 2 is 1.70 bits per heavy atom. The lowest BCUT2D eigenvalue weighted by Gasteiger charge is -2.32. The molecule has 0 spiro atoms. The van der Waals surface area contributed by atoms with Gasteiger partial charge in [0.15, 0.2) is 0 Å². The predicted octanol–water partition coefficient (Wildman–Crippen LogP) is 5.94. The number of aryl methyl sites for hydroxylation is 1. The highest BCUT2D eigenvalue weighted by Crippen LogP contribution is 2.53. The molecular weight excluding hydrogens is 415 g/mol. The molecule has 1 aliphatic rings. The molecule has 7 heteroatoms. The summed E-state index contributed by atoms with van der Waals surface area (Å²) in [5, 5.41) is 4.55. The molecule has 5 nitrogen and oxygen atoms in total. The molecule has 0 aliphatic heterocycles. The van der Waals surface area contributed by atoms with Crippen LogP contribution in [0.25, 0.3) is 0 Å². The lowest BCUT2D eigenvalue weighted by Crippen LogP contribution is -2.22. The van der Waals surface area contributed by atoms with Crippen LogP contribution in [0, 0.1) is 12.8 Å². The summed E-state index contributed by atoms with van der Waals surface area (Å²) in [7, 11) is 3.46. The third-order valence-corrected chi connectivity index (χ3v) is 7.90. The van der Waals surface area contributed by atoms with Crippen molar-refractivity contribution in [3.05, 3.63) is 71.8 Å². The van der Waals surface area contributed by atoms with Gasteiger partial charge in [0.2, 0.25) is 0 Å². The van der Waals surface area contributed by atoms with E-state index in [-0.39, 0.29) is 6.10 Å². The first-order valence-corrected chi connectivity index (χ1v) is 12.6. The molecule has 30 heavy (non-hydrogen) atoms. The van der Waals surface area contributed by atoms with Gasteiger partial charge in [0.25, 0.3) is 0 Å². The summed E-state index contributed by atoms with van der Waals surface area (Å²) >= 11 is 5.93. The monoisotopic (exact) mass is 444 g/mol. The first-order chi connectivity index (χ1) is 14.4. The third kappa shape index (κ3) is 6.18. The van der Waals surface area contributed by atoms with Crippen molar-refractivity contribution in [2.24, 2.45) is 11.0 Å². The van der Waals surface area contributed by atoms with Crippen LogP contribution in [0.2, 0.25) is 0 Å². The second-order valence-electron chi connectivity index (χ2n) is 7.46. The molecule has 3 rings (SSSR count). The maximum atomic E-state index is 6.36. The fourth-order valence-electron chi connectivity index (χ4n) is 2.98. The van der Waals surface area contributed by atoms with Crippen molar-refractivity contribution < 1.29 is 13.8 Å². The van der Waals surface area contributed by atoms with E-state index in [0.29, 0.717) is 11.7 Å². The van der Waals surface area contributed by atoms with Gasteiger partial charge >= 0.3 is 6.64 Å². The number of allylic oxidation sites excluding steroid dienone is 1. The minimum absolute atomic E-state index is 0.0730. The van der Waals surface area contributed by atoms with E-state index < -0.39 is 6.64 Å². The first-order valence-electron chi connectivity index (χ1n) is 10.0. The average Bonchev–Trinajstić information content (AvgIpc) is 2.75. The maximum absolute atomic E-state index is 6.36. The van der Waals surface area contributed by atoms with E-state index in [1.54, 1.807) is 18.1 Å². The number of benzene rings is 2. The second-order valence-corrected chi connectivity index (χ2v) is 10.8. The molecule has 0 saturated carbocycles. The van der Waals surface area contributed by atoms with Gasteiger partial charge in [-0.05, 0) is 67.6 Å². The summed E-state index contributed by atoms with van der Waals surface area (Å²) in [6.07, 6.45) is 7.94. The zero-order valence-corrected chi connectivity index (χ0v) is 19.6. The highest BCUT2D eigenvalue weighted by Gasteiger charge is 2.31. The Bertz CT molecular complexity index is 928. The zero-order chi connectivity index (χ0) is 21.6. The molecule has 0 fully saturated rings. The molecule has 0 heterocycles. The Kier molecular flexibility index (Phi) is 7.70. The van der Waals surface area contributed by atoms with Gasteiger partial charge in [-0.1, -0.05) is 36.8 Å². The van der Waals surface area contributed by atoms with Gasteiger partial charge in [-0.15, -0.1) is 0 Å². The highest BCUT2D eigenvalue weighted by molar-refractivity contribution is 8.08. The molecule has 1 aliphatic carbocycles. The standard InChI is InChI=1S/C23H29N2O3PS/c1-18-5-11-22(12-6-18)27-29(30,28-23-13-7-19(2)8-14-23)25(3)24-17-20-9-15-21(26-4)16-10-20/h5-7,9-13,15-17,19,23H,8,14H2,1-4H3. The van der Waals surface area contributed by atoms with E-state index in [9.17, 15) is 0 Å². The Morgan fingerprint density at radius 3 is 2.30 bits per heavy atom. The van der Waals surface area contributed by atoms with E-state index >= 15 is 0 Å². The van der Waals surface area contributed by atoms with E-state index in [4.69, 9.17) is 25.6 Å². The Hall–Kier alpha value is -2.14. The van der Waals surface area contributed by atoms with Crippen LogP contribution in [-0.2, 0) is 16.3 Å². The molecule has 0 amide bonds. The minimum Gasteiger partial charge on any atom is -0.497 e. The molecule has 160 valence electrons. The van der Waals surface area contributed by atoms with Gasteiger partial charge < -0.3 is 9.26 Å². The molecular formula is C23H29N2O3PS. The Morgan fingerprint density at radius 1 is 1.03 bits per heavy atom. The number of nitrogens with zero attached hydrogens (tertiary/aromatic N) is 2. The topological polar surface area (TPSA) is 43.3 Å². The summed E-state index contributed by atoms with van der Waals surface area (Å²) < 4.78 is 19.4. The van der Waals surface area contributed by atoms with Crippen LogP contribution in [0.4, 0.5) is 0 Å². The summed E-state index contributed by atoms with van der Waals surface area (Å²) in [6.45, 7) is 1.35. The van der Waals surface area contributed by atoms with Crippen LogP contribution in [0.3, 0.4) is 0 Å². The van der Waals surface area contributed by atoms with Crippen molar-refractivity contribution in [3.63, 3.8) is 0 Å². The van der Waals surface area contributed by atoms with Gasteiger partial charge in [-0.3, -0.25) is 4.52 Å². The van der Waals surface area contributed by atoms with Crippen molar-refractivity contribution in [1.82, 2.24) is 4.78 Å². The fraction of sp³-hybridized carbons (Fsp3) is 0.348. The van der Waals surface area contributed by atoms with Crippen LogP contribution < -0.4 is 9.26 Å². The first kappa shape index (κ1) is 22.5. The highest BCUT2D eigenvalue weighted by atomic mass is 32.5. The Labute approximate surface area is 184 Å². The zero-order valence-electron chi connectivity index (χ0n) is 17.9. The lowest BCUT2D eigenvalue weighted by molar-refractivity contribution is 0.199. The lowest BCUT2D eigenvalue weighted by atomic mass is 9.96. The van der Waals surface area contributed by atoms with E-state index in [2.05, 4.69) is 24.2 Å². The SMILES string of the molecule is COc1ccc(C=NN(C)P(=S)(Oc2ccc(C)cc2)OC2C=CC(C)CC2)cc1. The molecule has 0 radical (unpaired) electrons. The number of hydrogen-bond acceptors (Lipinski definition) is 5. The van der Waals surface area contributed by atoms with Crippen molar-refractivity contribution in [2.45, 2.75) is 32.8 Å². The van der Waals surface area contributed by atoms with Gasteiger partial charge in [-0.2, -0.15) is 5.10 Å². The molecule has 3 unspecified atom stereocenters. The summed E-state index contributed by atoms with van der Waals surface area (Å²) in [5.74, 6) is 2.05. The number of methoxy groups -OCH3 is 1.